The molecule has 72 heavy (non-hydrogen) atoms. The molecule has 1 unspecified atom stereocenters. The van der Waals surface area contributed by atoms with E-state index >= 15 is 14.0 Å². The lowest BCUT2D eigenvalue weighted by molar-refractivity contribution is -0.354. The van der Waals surface area contributed by atoms with Crippen molar-refractivity contribution in [3.63, 3.8) is 0 Å². The third kappa shape index (κ3) is 10.7. The van der Waals surface area contributed by atoms with E-state index in [9.17, 15) is 27.3 Å². The molecule has 388 valence electrons. The Morgan fingerprint density at radius 3 is 2.32 bits per heavy atom. The molecule has 5 aliphatic rings. The lowest BCUT2D eigenvalue weighted by Gasteiger charge is -2.47. The van der Waals surface area contributed by atoms with Gasteiger partial charge in [-0.25, -0.2) is 9.48 Å². The van der Waals surface area contributed by atoms with E-state index < -0.39 is 61.4 Å². The van der Waals surface area contributed by atoms with Crippen LogP contribution < -0.4 is 14.9 Å². The van der Waals surface area contributed by atoms with Crippen molar-refractivity contribution < 1.29 is 60.0 Å². The zero-order valence-corrected chi connectivity index (χ0v) is 42.4. The second-order valence-electron chi connectivity index (χ2n) is 20.0. The average molecular weight is 1040 g/mol. The third-order valence-corrected chi connectivity index (χ3v) is 18.6. The molecule has 0 radical (unpaired) electrons. The molecule has 2 N–H and O–H groups in total. The van der Waals surface area contributed by atoms with E-state index in [0.29, 0.717) is 48.7 Å². The van der Waals surface area contributed by atoms with Gasteiger partial charge in [0.05, 0.1) is 29.2 Å². The van der Waals surface area contributed by atoms with Gasteiger partial charge in [-0.1, -0.05) is 61.5 Å². The van der Waals surface area contributed by atoms with E-state index in [0.717, 1.165) is 29.7 Å². The first-order chi connectivity index (χ1) is 34.4. The fraction of sp³-hybridized carbons (Fsp3) is 0.538. The molecule has 9 rings (SSSR count). The molecule has 0 bridgehead atoms. The first-order valence-corrected chi connectivity index (χ1v) is 27.4. The van der Waals surface area contributed by atoms with Gasteiger partial charge in [-0.2, -0.15) is 0 Å². The predicted molar refractivity (Wildman–Crippen MR) is 262 cm³/mol. The van der Waals surface area contributed by atoms with Crippen LogP contribution in [0.3, 0.4) is 0 Å². The molecule has 4 aromatic rings. The monoisotopic (exact) mass is 1040 g/mol. The Balaban J connectivity index is 0.964. The number of para-hydroxylation sites is 1. The van der Waals surface area contributed by atoms with Crippen molar-refractivity contribution in [2.45, 2.75) is 150 Å². The Kier molecular flexibility index (Phi) is 15.3. The van der Waals surface area contributed by atoms with Crippen LogP contribution in [0.1, 0.15) is 111 Å². The van der Waals surface area contributed by atoms with Gasteiger partial charge in [-0.3, -0.25) is 28.5 Å². The number of carbonyl (C=O) groups excluding carboxylic acids is 4. The summed E-state index contributed by atoms with van der Waals surface area (Å²) in [5, 5.41) is 6.03. The average Bonchev–Trinajstić information content (AvgIpc) is 3.67. The number of hydrogen-bond donors (Lipinski definition) is 2. The van der Waals surface area contributed by atoms with Crippen molar-refractivity contribution in [2.75, 3.05) is 27.3 Å². The van der Waals surface area contributed by atoms with E-state index in [1.807, 2.05) is 49.2 Å². The normalized spacial score (nSPS) is 27.6. The van der Waals surface area contributed by atoms with Crippen molar-refractivity contribution in [3.8, 4) is 5.75 Å². The molecule has 3 amide bonds. The quantitative estimate of drug-likeness (QED) is 0.0591. The highest BCUT2D eigenvalue weighted by molar-refractivity contribution is 7.57. The van der Waals surface area contributed by atoms with E-state index in [4.69, 9.17) is 14.0 Å². The number of carbonyl (C=O) groups is 4. The minimum Gasteiger partial charge on any atom is -0.465 e. The zero-order valence-electron chi connectivity index (χ0n) is 40.7. The molecule has 1 spiro atoms. The summed E-state index contributed by atoms with van der Waals surface area (Å²) in [7, 11) is -0.976. The minimum absolute atomic E-state index is 0.0325. The molecule has 2 saturated carbocycles. The van der Waals surface area contributed by atoms with Crippen LogP contribution in [0.15, 0.2) is 84.9 Å². The van der Waals surface area contributed by atoms with Crippen LogP contribution in [0.4, 0.5) is 17.6 Å². The zero-order chi connectivity index (χ0) is 51.1. The Hall–Kier alpha value is -4.91. The molecule has 9 atom stereocenters. The van der Waals surface area contributed by atoms with Crippen LogP contribution >= 0.6 is 18.9 Å². The molecule has 3 aromatic carbocycles. The minimum atomic E-state index is -4.73. The number of halogens is 4. The third-order valence-electron chi connectivity index (χ3n) is 15.3. The van der Waals surface area contributed by atoms with Crippen molar-refractivity contribution >= 4 is 52.6 Å². The maximum Gasteiger partial charge on any atom is 0.522 e. The summed E-state index contributed by atoms with van der Waals surface area (Å²) in [5.74, 6) is -4.03. The Morgan fingerprint density at radius 1 is 0.944 bits per heavy atom. The van der Waals surface area contributed by atoms with Gasteiger partial charge in [-0.05, 0) is 125 Å². The number of methoxy groups -OCH3 is 1. The summed E-state index contributed by atoms with van der Waals surface area (Å²) in [6.45, 7) is 3.79. The molecule has 5 fully saturated rings. The van der Waals surface area contributed by atoms with Crippen LogP contribution in [0.25, 0.3) is 10.1 Å². The first kappa shape index (κ1) is 52.0. The summed E-state index contributed by atoms with van der Waals surface area (Å²) in [6, 6.07) is 20.3. The molecule has 2 aliphatic carbocycles. The summed E-state index contributed by atoms with van der Waals surface area (Å²) in [4.78, 5) is 63.1. The number of likely N-dealkylation sites (tertiary alicyclic amines) is 1. The molecule has 3 aliphatic heterocycles. The van der Waals surface area contributed by atoms with Gasteiger partial charge in [0.1, 0.15) is 23.9 Å². The summed E-state index contributed by atoms with van der Waals surface area (Å²) < 4.78 is 92.6. The molecular weight excluding hydrogens is 978 g/mol. The van der Waals surface area contributed by atoms with E-state index in [-0.39, 0.29) is 84.0 Å². The number of amides is 3. The fourth-order valence-corrected chi connectivity index (χ4v) is 14.3. The highest BCUT2D eigenvalue weighted by Crippen LogP contribution is 2.59. The Morgan fingerprint density at radius 2 is 1.65 bits per heavy atom. The van der Waals surface area contributed by atoms with Crippen molar-refractivity contribution in [1.82, 2.24) is 25.1 Å². The number of rotatable bonds is 17. The summed E-state index contributed by atoms with van der Waals surface area (Å²) in [6.07, 6.45) is -1.35. The second kappa shape index (κ2) is 21.1. The molecule has 1 aromatic heterocycles. The molecule has 4 heterocycles. The van der Waals surface area contributed by atoms with Crippen LogP contribution in [-0.4, -0.2) is 126 Å². The smallest absolute Gasteiger partial charge is 0.465 e. The number of thiophene rings is 1. The summed E-state index contributed by atoms with van der Waals surface area (Å²) in [5.41, 5.74) is 0.532. The molecule has 3 saturated heterocycles. The highest BCUT2D eigenvalue weighted by Gasteiger charge is 2.65. The van der Waals surface area contributed by atoms with E-state index in [1.165, 1.54) is 31.2 Å². The lowest BCUT2D eigenvalue weighted by Crippen LogP contribution is -2.60. The first-order valence-electron chi connectivity index (χ1n) is 24.9. The molecular formula is C52H62F4N5O9PS. The van der Waals surface area contributed by atoms with Gasteiger partial charge < -0.3 is 34.0 Å². The number of alkyl halides is 4. The molecule has 14 nitrogen and oxygen atoms in total. The van der Waals surface area contributed by atoms with Crippen LogP contribution in [0.5, 0.6) is 5.75 Å². The van der Waals surface area contributed by atoms with Crippen LogP contribution in [0.2, 0.25) is 0 Å². The van der Waals surface area contributed by atoms with Gasteiger partial charge in [0.15, 0.2) is 0 Å². The van der Waals surface area contributed by atoms with E-state index in [2.05, 4.69) is 20.0 Å². The SMILES string of the molecule is CCCOC(=O)[C@H](C)NP(=O)(Oc1ccccc1)[C@@H](F)c1ccc2sc(C(=O)N[C@H]3CC[C@H](N(C)C4CC(OC(F)(F)F)C4)C[C@H]4CC[C@@H](C(=O)N5C[C@H](c6ccccc6)[C@H](OC)C56CC6)N4C3=O)cc2c1. The number of fused-ring (bicyclic) bond motifs is 2. The highest BCUT2D eigenvalue weighted by atomic mass is 32.1. The topological polar surface area (TPSA) is 156 Å². The predicted octanol–water partition coefficient (Wildman–Crippen LogP) is 9.26. The second-order valence-corrected chi connectivity index (χ2v) is 23.1. The maximum atomic E-state index is 16.8. The van der Waals surface area contributed by atoms with Gasteiger partial charge in [0.2, 0.25) is 17.7 Å². The molecule has 20 heteroatoms. The summed E-state index contributed by atoms with van der Waals surface area (Å²) >= 11 is 1.12. The number of hydrogen-bond acceptors (Lipinski definition) is 11. The maximum absolute atomic E-state index is 16.8. The van der Waals surface area contributed by atoms with Gasteiger partial charge in [0, 0.05) is 42.4 Å². The number of nitrogens with zero attached hydrogens (tertiary/aromatic N) is 3. The number of esters is 1. The number of benzene rings is 3. The van der Waals surface area contributed by atoms with Crippen molar-refractivity contribution in [1.29, 1.82) is 0 Å². The number of nitrogens with one attached hydrogen (secondary N) is 2. The van der Waals surface area contributed by atoms with Gasteiger partial charge in [-0.15, -0.1) is 24.5 Å². The fourth-order valence-electron chi connectivity index (χ4n) is 11.5. The van der Waals surface area contributed by atoms with Gasteiger partial charge >= 0.3 is 19.9 Å². The van der Waals surface area contributed by atoms with Crippen molar-refractivity contribution in [2.24, 2.45) is 0 Å². The van der Waals surface area contributed by atoms with Crippen LogP contribution in [-0.2, 0) is 33.2 Å². The Labute approximate surface area is 420 Å². The van der Waals surface area contributed by atoms with Gasteiger partial charge in [0.25, 0.3) is 5.91 Å². The van der Waals surface area contributed by atoms with Crippen molar-refractivity contribution in [3.05, 3.63) is 101 Å². The van der Waals surface area contributed by atoms with Crippen LogP contribution in [0, 0.1) is 0 Å². The Bertz CT molecular complexity index is 2650. The largest absolute Gasteiger partial charge is 0.522 e. The standard InChI is InChI=1S/C52H62F4N5O9PS/c1-5-24-68-50(65)31(2)58-71(66,70-38-14-10-7-11-15-38)46(53)33-16-21-43-34(25-33)26-44(72-43)47(62)57-41-19-17-35(59(3)37-28-39(29-37)69-52(54,55)56)27-36-18-20-42(61(36)48(41)63)49(64)60-30-40(32-12-8-6-9-13-32)45(67-4)51(60)22-23-51/h6-16,21,25-26,31,35-37,39-42,45-46H,5,17-20,22-24,27-30H2,1-4H3,(H,57,62)(H,58,66)/t31-,35-,36+,37?,39?,40+,41-,42-,45-,46+,71?/m0/s1. The lowest BCUT2D eigenvalue weighted by atomic mass is 9.85. The van der Waals surface area contributed by atoms with E-state index in [1.54, 1.807) is 42.3 Å². The number of ether oxygens (including phenoxy) is 3.